The SMILES string of the molecule is CCOC(=O)C(C)n1cncc1CCN. The van der Waals surface area contributed by atoms with Crippen LogP contribution in [0, 0.1) is 0 Å². The zero-order valence-corrected chi connectivity index (χ0v) is 9.14. The van der Waals surface area contributed by atoms with Crippen molar-refractivity contribution in [3.8, 4) is 0 Å². The Bertz CT molecular complexity index is 322. The van der Waals surface area contributed by atoms with Crippen LogP contribution in [0.5, 0.6) is 0 Å². The number of carbonyl (C=O) groups is 1. The van der Waals surface area contributed by atoms with Crippen molar-refractivity contribution < 1.29 is 9.53 Å². The van der Waals surface area contributed by atoms with E-state index >= 15 is 0 Å². The Hall–Kier alpha value is -1.36. The molecule has 0 spiro atoms. The quantitative estimate of drug-likeness (QED) is 0.720. The molecule has 0 amide bonds. The summed E-state index contributed by atoms with van der Waals surface area (Å²) in [4.78, 5) is 15.5. The monoisotopic (exact) mass is 211 g/mol. The van der Waals surface area contributed by atoms with Crippen LogP contribution in [-0.2, 0) is 16.0 Å². The highest BCUT2D eigenvalue weighted by atomic mass is 16.5. The summed E-state index contributed by atoms with van der Waals surface area (Å²) in [7, 11) is 0. The predicted molar refractivity (Wildman–Crippen MR) is 56.3 cm³/mol. The highest BCUT2D eigenvalue weighted by Gasteiger charge is 2.17. The number of esters is 1. The van der Waals surface area contributed by atoms with E-state index in [-0.39, 0.29) is 12.0 Å². The van der Waals surface area contributed by atoms with Crippen LogP contribution in [0.15, 0.2) is 12.5 Å². The minimum absolute atomic E-state index is 0.242. The van der Waals surface area contributed by atoms with Crippen molar-refractivity contribution in [1.82, 2.24) is 9.55 Å². The van der Waals surface area contributed by atoms with Gasteiger partial charge in [-0.15, -0.1) is 0 Å². The number of imidazole rings is 1. The van der Waals surface area contributed by atoms with Gasteiger partial charge in [-0.1, -0.05) is 0 Å². The number of carbonyl (C=O) groups excluding carboxylic acids is 1. The minimum atomic E-state index is -0.339. The zero-order chi connectivity index (χ0) is 11.3. The third kappa shape index (κ3) is 2.79. The van der Waals surface area contributed by atoms with Crippen molar-refractivity contribution in [2.24, 2.45) is 5.73 Å². The Morgan fingerprint density at radius 3 is 3.07 bits per heavy atom. The van der Waals surface area contributed by atoms with Gasteiger partial charge in [-0.3, -0.25) is 0 Å². The molecule has 0 saturated heterocycles. The lowest BCUT2D eigenvalue weighted by atomic mass is 10.2. The molecule has 0 aliphatic heterocycles. The second-order valence-corrected chi connectivity index (χ2v) is 3.26. The predicted octanol–water partition coefficient (Wildman–Crippen LogP) is 0.508. The van der Waals surface area contributed by atoms with Crippen LogP contribution in [0.4, 0.5) is 0 Å². The number of aromatic nitrogens is 2. The van der Waals surface area contributed by atoms with Crippen LogP contribution in [0.1, 0.15) is 25.6 Å². The maximum atomic E-state index is 11.5. The first kappa shape index (κ1) is 11.7. The molecule has 1 unspecified atom stereocenters. The van der Waals surface area contributed by atoms with Crippen molar-refractivity contribution in [2.75, 3.05) is 13.2 Å². The molecule has 0 bridgehead atoms. The summed E-state index contributed by atoms with van der Waals surface area (Å²) >= 11 is 0. The smallest absolute Gasteiger partial charge is 0.328 e. The normalized spacial score (nSPS) is 12.5. The van der Waals surface area contributed by atoms with Crippen LogP contribution >= 0.6 is 0 Å². The van der Waals surface area contributed by atoms with Gasteiger partial charge in [0.1, 0.15) is 6.04 Å². The fourth-order valence-electron chi connectivity index (χ4n) is 1.40. The van der Waals surface area contributed by atoms with Gasteiger partial charge in [0, 0.05) is 18.3 Å². The minimum Gasteiger partial charge on any atom is -0.464 e. The number of nitrogens with two attached hydrogens (primary N) is 1. The fourth-order valence-corrected chi connectivity index (χ4v) is 1.40. The van der Waals surface area contributed by atoms with Gasteiger partial charge in [0.05, 0.1) is 12.9 Å². The first-order chi connectivity index (χ1) is 7.20. The standard InChI is InChI=1S/C10H17N3O2/c1-3-15-10(14)8(2)13-7-12-6-9(13)4-5-11/h6-8H,3-5,11H2,1-2H3. The Kier molecular flexibility index (Phi) is 4.30. The Balaban J connectivity index is 2.76. The van der Waals surface area contributed by atoms with Gasteiger partial charge in [-0.2, -0.15) is 0 Å². The summed E-state index contributed by atoms with van der Waals surface area (Å²) in [5.74, 6) is -0.242. The fraction of sp³-hybridized carbons (Fsp3) is 0.600. The topological polar surface area (TPSA) is 70.1 Å². The summed E-state index contributed by atoms with van der Waals surface area (Å²) in [6.45, 7) is 4.52. The van der Waals surface area contributed by atoms with E-state index in [1.54, 1.807) is 30.9 Å². The molecule has 2 N–H and O–H groups in total. The molecule has 1 atom stereocenters. The highest BCUT2D eigenvalue weighted by Crippen LogP contribution is 2.11. The molecule has 1 rings (SSSR count). The average molecular weight is 211 g/mol. The third-order valence-electron chi connectivity index (χ3n) is 2.19. The van der Waals surface area contributed by atoms with Crippen LogP contribution in [0.2, 0.25) is 0 Å². The lowest BCUT2D eigenvalue weighted by Gasteiger charge is -2.14. The Morgan fingerprint density at radius 2 is 2.47 bits per heavy atom. The first-order valence-corrected chi connectivity index (χ1v) is 5.08. The molecule has 15 heavy (non-hydrogen) atoms. The van der Waals surface area contributed by atoms with Crippen LogP contribution in [0.25, 0.3) is 0 Å². The molecule has 0 fully saturated rings. The number of nitrogens with zero attached hydrogens (tertiary/aromatic N) is 2. The van der Waals surface area contributed by atoms with Crippen molar-refractivity contribution in [1.29, 1.82) is 0 Å². The van der Waals surface area contributed by atoms with Crippen molar-refractivity contribution in [3.05, 3.63) is 18.2 Å². The zero-order valence-electron chi connectivity index (χ0n) is 9.14. The number of hydrogen-bond acceptors (Lipinski definition) is 4. The molecular weight excluding hydrogens is 194 g/mol. The summed E-state index contributed by atoms with van der Waals surface area (Å²) < 4.78 is 6.74. The average Bonchev–Trinajstić information content (AvgIpc) is 2.66. The summed E-state index contributed by atoms with van der Waals surface area (Å²) in [6, 6.07) is -0.339. The Morgan fingerprint density at radius 1 is 1.73 bits per heavy atom. The van der Waals surface area contributed by atoms with E-state index in [9.17, 15) is 4.79 Å². The molecule has 0 saturated carbocycles. The summed E-state index contributed by atoms with van der Waals surface area (Å²) in [5, 5.41) is 0. The molecule has 5 heteroatoms. The molecule has 1 aromatic heterocycles. The number of hydrogen-bond donors (Lipinski definition) is 1. The number of rotatable bonds is 5. The second kappa shape index (κ2) is 5.50. The molecule has 0 aromatic carbocycles. The van der Waals surface area contributed by atoms with Crippen molar-refractivity contribution in [2.45, 2.75) is 26.3 Å². The van der Waals surface area contributed by atoms with E-state index in [1.807, 2.05) is 0 Å². The van der Waals surface area contributed by atoms with Gasteiger partial charge in [0.15, 0.2) is 0 Å². The van der Waals surface area contributed by atoms with Gasteiger partial charge in [-0.05, 0) is 20.4 Å². The number of ether oxygens (including phenoxy) is 1. The molecular formula is C10H17N3O2. The van der Waals surface area contributed by atoms with Crippen LogP contribution in [-0.4, -0.2) is 28.7 Å². The first-order valence-electron chi connectivity index (χ1n) is 5.08. The van der Waals surface area contributed by atoms with Gasteiger partial charge in [0.2, 0.25) is 0 Å². The van der Waals surface area contributed by atoms with E-state index in [1.165, 1.54) is 0 Å². The van der Waals surface area contributed by atoms with E-state index in [0.717, 1.165) is 5.69 Å². The molecule has 1 aromatic rings. The van der Waals surface area contributed by atoms with E-state index in [2.05, 4.69) is 4.98 Å². The lowest BCUT2D eigenvalue weighted by Crippen LogP contribution is -2.21. The van der Waals surface area contributed by atoms with E-state index < -0.39 is 0 Å². The van der Waals surface area contributed by atoms with Crippen molar-refractivity contribution in [3.63, 3.8) is 0 Å². The van der Waals surface area contributed by atoms with Gasteiger partial charge in [-0.25, -0.2) is 9.78 Å². The summed E-state index contributed by atoms with van der Waals surface area (Å²) in [6.07, 6.45) is 4.07. The second-order valence-electron chi connectivity index (χ2n) is 3.26. The molecule has 0 aliphatic carbocycles. The van der Waals surface area contributed by atoms with Gasteiger partial charge in [0.25, 0.3) is 0 Å². The Labute approximate surface area is 89.2 Å². The largest absolute Gasteiger partial charge is 0.464 e. The maximum absolute atomic E-state index is 11.5. The third-order valence-corrected chi connectivity index (χ3v) is 2.19. The highest BCUT2D eigenvalue weighted by molar-refractivity contribution is 5.73. The van der Waals surface area contributed by atoms with Gasteiger partial charge < -0.3 is 15.0 Å². The molecule has 1 heterocycles. The van der Waals surface area contributed by atoms with Gasteiger partial charge >= 0.3 is 5.97 Å². The summed E-state index contributed by atoms with van der Waals surface area (Å²) in [5.41, 5.74) is 6.42. The van der Waals surface area contributed by atoms with E-state index in [4.69, 9.17) is 10.5 Å². The van der Waals surface area contributed by atoms with E-state index in [0.29, 0.717) is 19.6 Å². The van der Waals surface area contributed by atoms with Crippen LogP contribution in [0.3, 0.4) is 0 Å². The molecule has 5 nitrogen and oxygen atoms in total. The van der Waals surface area contributed by atoms with Crippen LogP contribution < -0.4 is 5.73 Å². The molecule has 84 valence electrons. The molecule has 0 radical (unpaired) electrons. The molecule has 0 aliphatic rings. The maximum Gasteiger partial charge on any atom is 0.328 e. The van der Waals surface area contributed by atoms with Crippen molar-refractivity contribution >= 4 is 5.97 Å². The lowest BCUT2D eigenvalue weighted by molar-refractivity contribution is -0.146.